The molecule has 1 aromatic carbocycles. The molecule has 0 aliphatic carbocycles. The van der Waals surface area contributed by atoms with E-state index in [1.165, 1.54) is 24.3 Å². The van der Waals surface area contributed by atoms with Gasteiger partial charge < -0.3 is 9.52 Å². The maximum Gasteiger partial charge on any atom is 0.371 e. The largest absolute Gasteiger partial charge is 0.475 e. The first kappa shape index (κ1) is 9.20. The van der Waals surface area contributed by atoms with Gasteiger partial charge in [-0.05, 0) is 12.1 Å². The van der Waals surface area contributed by atoms with Gasteiger partial charge in [0, 0.05) is 17.5 Å². The molecule has 0 saturated heterocycles. The fourth-order valence-corrected chi connectivity index (χ4v) is 1.26. The molecule has 76 valence electrons. The summed E-state index contributed by atoms with van der Waals surface area (Å²) in [6.45, 7) is 0. The van der Waals surface area contributed by atoms with Crippen LogP contribution in [-0.4, -0.2) is 21.2 Å². The average molecular weight is 208 g/mol. The number of hydrogen-bond acceptors (Lipinski definition) is 3. The molecule has 0 aliphatic heterocycles. The van der Waals surface area contributed by atoms with E-state index in [1.807, 2.05) is 0 Å². The molecule has 0 fully saturated rings. The lowest BCUT2D eigenvalue weighted by atomic mass is 10.2. The predicted molar refractivity (Wildman–Crippen MR) is 48.2 cm³/mol. The highest BCUT2D eigenvalue weighted by molar-refractivity contribution is 5.92. The Kier molecular flexibility index (Phi) is 1.89. The minimum absolute atomic E-state index is 0.0141. The normalized spacial score (nSPS) is 10.4. The smallest absolute Gasteiger partial charge is 0.371 e. The van der Waals surface area contributed by atoms with Gasteiger partial charge >= 0.3 is 11.7 Å². The van der Waals surface area contributed by atoms with Crippen molar-refractivity contribution in [3.63, 3.8) is 0 Å². The number of benzene rings is 1. The lowest BCUT2D eigenvalue weighted by Crippen LogP contribution is -1.91. The van der Waals surface area contributed by atoms with Gasteiger partial charge in [0.1, 0.15) is 5.58 Å². The Morgan fingerprint density at radius 2 is 2.07 bits per heavy atom. The number of rotatable bonds is 2. The number of furan rings is 1. The zero-order valence-electron chi connectivity index (χ0n) is 7.38. The molecule has 0 amide bonds. The van der Waals surface area contributed by atoms with E-state index in [4.69, 9.17) is 14.7 Å². The van der Waals surface area contributed by atoms with Crippen LogP contribution in [0.25, 0.3) is 11.0 Å². The molecule has 0 atom stereocenters. The van der Waals surface area contributed by atoms with Crippen LogP contribution in [0, 0.1) is 4.91 Å². The number of aromatic carboxylic acids is 1. The SMILES string of the molecule is O=C(O)c1cc2cc([N+](=O)O)ccc2o1. The summed E-state index contributed by atoms with van der Waals surface area (Å²) < 4.78 is 4.96. The first-order valence-corrected chi connectivity index (χ1v) is 4.01. The number of nitrogens with zero attached hydrogens (tertiary/aromatic N) is 1. The molecule has 6 heteroatoms. The Labute approximate surface area is 82.9 Å². The van der Waals surface area contributed by atoms with Crippen LogP contribution < -0.4 is 0 Å². The third-order valence-electron chi connectivity index (χ3n) is 1.93. The van der Waals surface area contributed by atoms with Crippen molar-refractivity contribution in [2.24, 2.45) is 0 Å². The van der Waals surface area contributed by atoms with E-state index in [1.54, 1.807) is 0 Å². The standard InChI is InChI=1S/C9H5NO5/c11-9(12)8-4-5-3-6(10(13)14)1-2-7(5)15-8/h1-4H,(H-,11,12,13,14)/p+1. The molecule has 1 aromatic heterocycles. The maximum atomic E-state index is 10.6. The van der Waals surface area contributed by atoms with Gasteiger partial charge in [-0.3, -0.25) is 0 Å². The van der Waals surface area contributed by atoms with Crippen molar-refractivity contribution >= 4 is 22.6 Å². The van der Waals surface area contributed by atoms with Gasteiger partial charge in [-0.1, -0.05) is 0 Å². The predicted octanol–water partition coefficient (Wildman–Crippen LogP) is 1.93. The van der Waals surface area contributed by atoms with Crippen LogP contribution >= 0.6 is 0 Å². The van der Waals surface area contributed by atoms with E-state index in [0.29, 0.717) is 11.0 Å². The number of fused-ring (bicyclic) bond motifs is 1. The summed E-state index contributed by atoms with van der Waals surface area (Å²) in [5, 5.41) is 17.7. The van der Waals surface area contributed by atoms with Crippen molar-refractivity contribution in [1.82, 2.24) is 0 Å². The first-order valence-electron chi connectivity index (χ1n) is 4.01. The Morgan fingerprint density at radius 1 is 1.33 bits per heavy atom. The Bertz CT molecular complexity index is 545. The summed E-state index contributed by atoms with van der Waals surface area (Å²) in [5.74, 6) is -1.40. The molecule has 0 unspecified atom stereocenters. The second kappa shape index (κ2) is 3.09. The average Bonchev–Trinajstić information content (AvgIpc) is 2.59. The molecule has 0 saturated carbocycles. The number of hydrogen-bond donors (Lipinski definition) is 2. The van der Waals surface area contributed by atoms with E-state index >= 15 is 0 Å². The topological polar surface area (TPSA) is 90.8 Å². The van der Waals surface area contributed by atoms with E-state index in [0.717, 1.165) is 0 Å². The van der Waals surface area contributed by atoms with Gasteiger partial charge in [-0.2, -0.15) is 0 Å². The lowest BCUT2D eigenvalue weighted by molar-refractivity contribution is -0.729. The molecule has 0 spiro atoms. The van der Waals surface area contributed by atoms with Gasteiger partial charge in [0.25, 0.3) is 4.92 Å². The molecule has 2 N–H and O–H groups in total. The van der Waals surface area contributed by atoms with E-state index in [2.05, 4.69) is 0 Å². The molecule has 15 heavy (non-hydrogen) atoms. The van der Waals surface area contributed by atoms with Crippen molar-refractivity contribution in [1.29, 1.82) is 0 Å². The van der Waals surface area contributed by atoms with Crippen LogP contribution in [0.4, 0.5) is 5.69 Å². The minimum atomic E-state index is -1.18. The van der Waals surface area contributed by atoms with Gasteiger partial charge in [-0.25, -0.2) is 10.0 Å². The van der Waals surface area contributed by atoms with Crippen LogP contribution in [0.15, 0.2) is 28.7 Å². The first-order chi connectivity index (χ1) is 7.08. The highest BCUT2D eigenvalue weighted by Crippen LogP contribution is 2.23. The summed E-state index contributed by atoms with van der Waals surface area (Å²) in [6, 6.07) is 5.35. The van der Waals surface area contributed by atoms with Crippen LogP contribution in [0.2, 0.25) is 0 Å². The van der Waals surface area contributed by atoms with Gasteiger partial charge in [0.05, 0.1) is 4.91 Å². The highest BCUT2D eigenvalue weighted by Gasteiger charge is 2.16. The van der Waals surface area contributed by atoms with Gasteiger partial charge in [0.15, 0.2) is 0 Å². The van der Waals surface area contributed by atoms with Crippen molar-refractivity contribution in [2.75, 3.05) is 0 Å². The molecular formula is C9H6NO5+. The maximum absolute atomic E-state index is 10.6. The molecule has 0 radical (unpaired) electrons. The van der Waals surface area contributed by atoms with Crippen LogP contribution in [0.3, 0.4) is 0 Å². The zero-order valence-corrected chi connectivity index (χ0v) is 7.38. The molecular weight excluding hydrogens is 202 g/mol. The zero-order chi connectivity index (χ0) is 11.0. The summed E-state index contributed by atoms with van der Waals surface area (Å²) in [4.78, 5) is 20.8. The number of carboxylic acids is 1. The van der Waals surface area contributed by atoms with Gasteiger partial charge in [-0.15, -0.1) is 0 Å². The monoisotopic (exact) mass is 208 g/mol. The van der Waals surface area contributed by atoms with Crippen molar-refractivity contribution in [2.45, 2.75) is 0 Å². The molecule has 0 aliphatic rings. The minimum Gasteiger partial charge on any atom is -0.475 e. The van der Waals surface area contributed by atoms with Crippen LogP contribution in [0.5, 0.6) is 0 Å². The van der Waals surface area contributed by atoms with E-state index in [-0.39, 0.29) is 16.4 Å². The molecule has 0 bridgehead atoms. The van der Waals surface area contributed by atoms with Crippen molar-refractivity contribution in [3.8, 4) is 0 Å². The fraction of sp³-hybridized carbons (Fsp3) is 0. The van der Waals surface area contributed by atoms with Gasteiger partial charge in [0.2, 0.25) is 5.76 Å². The molecule has 1 heterocycles. The third kappa shape index (κ3) is 1.52. The Morgan fingerprint density at radius 3 is 2.67 bits per heavy atom. The second-order valence-electron chi connectivity index (χ2n) is 2.91. The number of carboxylic acid groups (broad SMARTS) is 1. The fourth-order valence-electron chi connectivity index (χ4n) is 1.26. The van der Waals surface area contributed by atoms with Crippen molar-refractivity contribution < 1.29 is 24.4 Å². The van der Waals surface area contributed by atoms with Crippen LogP contribution in [-0.2, 0) is 0 Å². The summed E-state index contributed by atoms with van der Waals surface area (Å²) in [6.07, 6.45) is 0. The summed E-state index contributed by atoms with van der Waals surface area (Å²) >= 11 is 0. The van der Waals surface area contributed by atoms with Crippen LogP contribution in [0.1, 0.15) is 10.6 Å². The summed E-state index contributed by atoms with van der Waals surface area (Å²) in [7, 11) is 0. The molecule has 2 rings (SSSR count). The highest BCUT2D eigenvalue weighted by atomic mass is 16.6. The Hall–Kier alpha value is -2.37. The van der Waals surface area contributed by atoms with Crippen molar-refractivity contribution in [3.05, 3.63) is 34.9 Å². The third-order valence-corrected chi connectivity index (χ3v) is 1.93. The summed E-state index contributed by atoms with van der Waals surface area (Å²) in [5.41, 5.74) is 0.359. The lowest BCUT2D eigenvalue weighted by Gasteiger charge is -1.85. The van der Waals surface area contributed by atoms with E-state index in [9.17, 15) is 9.70 Å². The molecule has 6 nitrogen and oxygen atoms in total. The van der Waals surface area contributed by atoms with E-state index < -0.39 is 5.97 Å². The molecule has 2 aromatic rings. The second-order valence-corrected chi connectivity index (χ2v) is 2.91. The Balaban J connectivity index is 2.62. The number of carbonyl (C=O) groups is 1. The quantitative estimate of drug-likeness (QED) is 0.735.